The highest BCUT2D eigenvalue weighted by atomic mass is 16.5. The van der Waals surface area contributed by atoms with Gasteiger partial charge in [0.25, 0.3) is 0 Å². The van der Waals surface area contributed by atoms with E-state index in [1.165, 1.54) is 4.90 Å². The third-order valence-corrected chi connectivity index (χ3v) is 4.90. The van der Waals surface area contributed by atoms with Crippen molar-refractivity contribution in [1.82, 2.24) is 4.98 Å². The zero-order valence-corrected chi connectivity index (χ0v) is 15.9. The van der Waals surface area contributed by atoms with E-state index in [1.807, 2.05) is 55.5 Å². The molecular weight excluding hydrogens is 368 g/mol. The van der Waals surface area contributed by atoms with Crippen molar-refractivity contribution in [2.45, 2.75) is 13.3 Å². The average molecular weight is 388 g/mol. The summed E-state index contributed by atoms with van der Waals surface area (Å²) in [6.07, 6.45) is 1.75. The van der Waals surface area contributed by atoms with E-state index in [2.05, 4.69) is 4.98 Å². The van der Waals surface area contributed by atoms with Crippen molar-refractivity contribution in [3.8, 4) is 16.9 Å². The number of pyridine rings is 1. The number of carboxylic acid groups (broad SMARTS) is 1. The van der Waals surface area contributed by atoms with E-state index >= 15 is 0 Å². The SMILES string of the molecule is CCOc1cccc(-c2cccc(N3C(=O)C(C(=O)O)Cc4cccnc43)c2)c1. The lowest BCUT2D eigenvalue weighted by Gasteiger charge is -2.31. The van der Waals surface area contributed by atoms with Gasteiger partial charge >= 0.3 is 5.97 Å². The van der Waals surface area contributed by atoms with Crippen molar-refractivity contribution >= 4 is 23.4 Å². The number of carbonyl (C=O) groups is 2. The van der Waals surface area contributed by atoms with Gasteiger partial charge < -0.3 is 9.84 Å². The smallest absolute Gasteiger partial charge is 0.316 e. The van der Waals surface area contributed by atoms with Crippen LogP contribution in [0.4, 0.5) is 11.5 Å². The van der Waals surface area contributed by atoms with Crippen LogP contribution in [0.25, 0.3) is 11.1 Å². The molecule has 0 radical (unpaired) electrons. The maximum absolute atomic E-state index is 13.0. The van der Waals surface area contributed by atoms with Gasteiger partial charge in [0.05, 0.1) is 12.3 Å². The highest BCUT2D eigenvalue weighted by Crippen LogP contribution is 2.36. The zero-order chi connectivity index (χ0) is 20.4. The second kappa shape index (κ2) is 7.75. The fourth-order valence-corrected chi connectivity index (χ4v) is 3.56. The van der Waals surface area contributed by atoms with Gasteiger partial charge in [0.2, 0.25) is 5.91 Å². The quantitative estimate of drug-likeness (QED) is 0.667. The fourth-order valence-electron chi connectivity index (χ4n) is 3.56. The van der Waals surface area contributed by atoms with Crippen molar-refractivity contribution in [2.75, 3.05) is 11.5 Å². The van der Waals surface area contributed by atoms with Gasteiger partial charge in [-0.25, -0.2) is 4.98 Å². The number of rotatable bonds is 5. The first-order chi connectivity index (χ1) is 14.1. The molecule has 4 rings (SSSR count). The first-order valence-electron chi connectivity index (χ1n) is 9.42. The van der Waals surface area contributed by atoms with Crippen LogP contribution in [0.1, 0.15) is 12.5 Å². The minimum Gasteiger partial charge on any atom is -0.494 e. The van der Waals surface area contributed by atoms with Crippen LogP contribution < -0.4 is 9.64 Å². The van der Waals surface area contributed by atoms with Gasteiger partial charge in [0.15, 0.2) is 0 Å². The number of aromatic nitrogens is 1. The predicted molar refractivity (Wildman–Crippen MR) is 109 cm³/mol. The van der Waals surface area contributed by atoms with Crippen LogP contribution in [0.5, 0.6) is 5.75 Å². The number of ether oxygens (including phenoxy) is 1. The summed E-state index contributed by atoms with van der Waals surface area (Å²) in [6.45, 7) is 2.50. The fraction of sp³-hybridized carbons (Fsp3) is 0.174. The standard InChI is InChI=1S/C23H20N2O4/c1-2-29-19-10-4-7-16(13-19)15-6-3-9-18(12-15)25-21-17(8-5-11-24-21)14-20(22(25)26)23(27)28/h3-13,20H,2,14H2,1H3,(H,27,28). The van der Waals surface area contributed by atoms with Crippen LogP contribution in [0.3, 0.4) is 0 Å². The number of hydrogen-bond acceptors (Lipinski definition) is 4. The summed E-state index contributed by atoms with van der Waals surface area (Å²) >= 11 is 0. The Kier molecular flexibility index (Phi) is 4.99. The Morgan fingerprint density at radius 3 is 2.66 bits per heavy atom. The number of carbonyl (C=O) groups excluding carboxylic acids is 1. The first-order valence-corrected chi connectivity index (χ1v) is 9.42. The molecule has 6 nitrogen and oxygen atoms in total. The summed E-state index contributed by atoms with van der Waals surface area (Å²) in [6, 6.07) is 18.7. The molecule has 2 heterocycles. The normalized spacial score (nSPS) is 15.7. The van der Waals surface area contributed by atoms with Crippen molar-refractivity contribution in [3.63, 3.8) is 0 Å². The number of anilines is 2. The number of aliphatic carboxylic acids is 1. The van der Waals surface area contributed by atoms with E-state index in [-0.39, 0.29) is 6.42 Å². The molecule has 1 amide bonds. The van der Waals surface area contributed by atoms with Crippen molar-refractivity contribution in [3.05, 3.63) is 72.4 Å². The maximum atomic E-state index is 13.0. The Labute approximate surface area is 168 Å². The predicted octanol–water partition coefficient (Wildman–Crippen LogP) is 4.07. The Hall–Kier alpha value is -3.67. The van der Waals surface area contributed by atoms with E-state index in [1.54, 1.807) is 18.3 Å². The van der Waals surface area contributed by atoms with Crippen molar-refractivity contribution in [2.24, 2.45) is 5.92 Å². The number of carboxylic acids is 1. The molecule has 0 fully saturated rings. The van der Waals surface area contributed by atoms with E-state index in [0.29, 0.717) is 18.1 Å². The van der Waals surface area contributed by atoms with Gasteiger partial charge in [0.1, 0.15) is 17.5 Å². The van der Waals surface area contributed by atoms with Crippen LogP contribution in [-0.4, -0.2) is 28.6 Å². The molecule has 146 valence electrons. The molecule has 1 aromatic heterocycles. The number of hydrogen-bond donors (Lipinski definition) is 1. The molecule has 0 bridgehead atoms. The Morgan fingerprint density at radius 1 is 1.14 bits per heavy atom. The molecule has 1 aliphatic heterocycles. The molecule has 6 heteroatoms. The number of nitrogens with zero attached hydrogens (tertiary/aromatic N) is 2. The lowest BCUT2D eigenvalue weighted by atomic mass is 9.93. The second-order valence-electron chi connectivity index (χ2n) is 6.77. The lowest BCUT2D eigenvalue weighted by molar-refractivity contribution is -0.146. The molecule has 29 heavy (non-hydrogen) atoms. The largest absolute Gasteiger partial charge is 0.494 e. The Balaban J connectivity index is 1.78. The first kappa shape index (κ1) is 18.7. The van der Waals surface area contributed by atoms with Gasteiger partial charge in [-0.05, 0) is 60.4 Å². The van der Waals surface area contributed by atoms with Crippen molar-refractivity contribution < 1.29 is 19.4 Å². The molecule has 0 aliphatic carbocycles. The summed E-state index contributed by atoms with van der Waals surface area (Å²) in [7, 11) is 0. The third kappa shape index (κ3) is 3.57. The number of fused-ring (bicyclic) bond motifs is 1. The van der Waals surface area contributed by atoms with Gasteiger partial charge in [0, 0.05) is 6.20 Å². The highest BCUT2D eigenvalue weighted by Gasteiger charge is 2.39. The molecule has 1 aliphatic rings. The van der Waals surface area contributed by atoms with E-state index in [0.717, 1.165) is 22.4 Å². The topological polar surface area (TPSA) is 79.7 Å². The monoisotopic (exact) mass is 388 g/mol. The summed E-state index contributed by atoms with van der Waals surface area (Å²) in [5.41, 5.74) is 3.16. The maximum Gasteiger partial charge on any atom is 0.316 e. The minimum absolute atomic E-state index is 0.143. The number of benzene rings is 2. The Morgan fingerprint density at radius 2 is 1.90 bits per heavy atom. The molecule has 1 N–H and O–H groups in total. The van der Waals surface area contributed by atoms with Gasteiger partial charge in [-0.3, -0.25) is 14.5 Å². The summed E-state index contributed by atoms with van der Waals surface area (Å²) in [4.78, 5) is 30.4. The van der Waals surface area contributed by atoms with Gasteiger partial charge in [-0.15, -0.1) is 0 Å². The zero-order valence-electron chi connectivity index (χ0n) is 15.9. The molecule has 0 saturated carbocycles. The molecule has 0 spiro atoms. The lowest BCUT2D eigenvalue weighted by Crippen LogP contribution is -2.42. The highest BCUT2D eigenvalue weighted by molar-refractivity contribution is 6.11. The third-order valence-electron chi connectivity index (χ3n) is 4.90. The summed E-state index contributed by atoms with van der Waals surface area (Å²) in [5, 5.41) is 9.53. The minimum atomic E-state index is -1.13. The molecular formula is C23H20N2O4. The van der Waals surface area contributed by atoms with Gasteiger partial charge in [-0.2, -0.15) is 0 Å². The van der Waals surface area contributed by atoms with E-state index < -0.39 is 17.8 Å². The average Bonchev–Trinajstić information content (AvgIpc) is 2.73. The van der Waals surface area contributed by atoms with Crippen LogP contribution >= 0.6 is 0 Å². The van der Waals surface area contributed by atoms with Crippen LogP contribution in [-0.2, 0) is 16.0 Å². The van der Waals surface area contributed by atoms with Gasteiger partial charge in [-0.1, -0.05) is 30.3 Å². The molecule has 2 aromatic carbocycles. The molecule has 3 aromatic rings. The summed E-state index contributed by atoms with van der Waals surface area (Å²) in [5.74, 6) is -1.49. The molecule has 1 atom stereocenters. The van der Waals surface area contributed by atoms with Crippen LogP contribution in [0.2, 0.25) is 0 Å². The summed E-state index contributed by atoms with van der Waals surface area (Å²) < 4.78 is 5.58. The van der Waals surface area contributed by atoms with Crippen LogP contribution in [0, 0.1) is 5.92 Å². The van der Waals surface area contributed by atoms with E-state index in [4.69, 9.17) is 4.74 Å². The van der Waals surface area contributed by atoms with E-state index in [9.17, 15) is 14.7 Å². The molecule has 0 saturated heterocycles. The Bertz CT molecular complexity index is 1080. The molecule has 1 unspecified atom stereocenters. The second-order valence-corrected chi connectivity index (χ2v) is 6.77. The number of amides is 1. The van der Waals surface area contributed by atoms with Crippen molar-refractivity contribution in [1.29, 1.82) is 0 Å². The van der Waals surface area contributed by atoms with Crippen LogP contribution in [0.15, 0.2) is 66.9 Å².